The number of aryl methyl sites for hydroxylation is 1. The standard InChI is InChI=1S/C13H10F3N3O2S2/c1-6-18-5-7(13(14,15)16)10(19-6)8-4-9-11(22-8)12(20)17-2-3-23(9)21/h4-5H,2-3H2,1H3,(H,17,20). The van der Waals surface area contributed by atoms with Gasteiger partial charge in [0.2, 0.25) is 0 Å². The largest absolute Gasteiger partial charge is 0.420 e. The zero-order valence-corrected chi connectivity index (χ0v) is 13.4. The predicted molar refractivity (Wildman–Crippen MR) is 78.7 cm³/mol. The number of hydrogen-bond acceptors (Lipinski definition) is 5. The van der Waals surface area contributed by atoms with Gasteiger partial charge in [-0.3, -0.25) is 9.00 Å². The molecule has 0 spiro atoms. The summed E-state index contributed by atoms with van der Waals surface area (Å²) >= 11 is 0.857. The van der Waals surface area contributed by atoms with Crippen LogP contribution in [-0.4, -0.2) is 32.4 Å². The Morgan fingerprint density at radius 2 is 2.13 bits per heavy atom. The van der Waals surface area contributed by atoms with Gasteiger partial charge in [-0.25, -0.2) is 9.97 Å². The third-order valence-corrected chi connectivity index (χ3v) is 5.83. The number of aromatic nitrogens is 2. The number of thiophene rings is 1. The van der Waals surface area contributed by atoms with Crippen LogP contribution < -0.4 is 5.32 Å². The molecule has 1 aliphatic rings. The van der Waals surface area contributed by atoms with E-state index in [4.69, 9.17) is 0 Å². The lowest BCUT2D eigenvalue weighted by Gasteiger charge is -2.10. The number of carbonyl (C=O) groups is 1. The second kappa shape index (κ2) is 5.68. The third kappa shape index (κ3) is 3.00. The van der Waals surface area contributed by atoms with Crippen molar-refractivity contribution in [1.29, 1.82) is 0 Å². The van der Waals surface area contributed by atoms with E-state index in [0.29, 0.717) is 0 Å². The fraction of sp³-hybridized carbons (Fsp3) is 0.308. The molecular weight excluding hydrogens is 351 g/mol. The number of nitrogens with one attached hydrogen (secondary N) is 1. The first-order chi connectivity index (χ1) is 10.8. The molecule has 0 aromatic carbocycles. The maximum Gasteiger partial charge on any atom is 0.420 e. The number of carbonyl (C=O) groups excluding carboxylic acids is 1. The first-order valence-corrected chi connectivity index (χ1v) is 8.62. The first kappa shape index (κ1) is 16.1. The maximum atomic E-state index is 13.2. The van der Waals surface area contributed by atoms with Gasteiger partial charge in [0, 0.05) is 18.5 Å². The molecule has 0 radical (unpaired) electrons. The Morgan fingerprint density at radius 3 is 2.83 bits per heavy atom. The Labute approximate surface area is 135 Å². The van der Waals surface area contributed by atoms with E-state index in [1.807, 2.05) is 0 Å². The molecule has 1 N–H and O–H groups in total. The summed E-state index contributed by atoms with van der Waals surface area (Å²) in [5.41, 5.74) is -1.28. The minimum atomic E-state index is -4.62. The number of nitrogens with zero attached hydrogens (tertiary/aromatic N) is 2. The number of rotatable bonds is 1. The van der Waals surface area contributed by atoms with Crippen molar-refractivity contribution in [3.05, 3.63) is 28.5 Å². The highest BCUT2D eigenvalue weighted by molar-refractivity contribution is 7.85. The molecule has 5 nitrogen and oxygen atoms in total. The summed E-state index contributed by atoms with van der Waals surface area (Å²) in [7, 11) is -1.44. The Hall–Kier alpha value is -1.81. The molecule has 2 aromatic heterocycles. The van der Waals surface area contributed by atoms with E-state index in [-0.39, 0.29) is 38.5 Å². The Bertz CT molecular complexity index is 784. The van der Waals surface area contributed by atoms with Crippen LogP contribution in [0.4, 0.5) is 13.2 Å². The molecule has 23 heavy (non-hydrogen) atoms. The van der Waals surface area contributed by atoms with Crippen LogP contribution in [0.2, 0.25) is 0 Å². The van der Waals surface area contributed by atoms with Crippen molar-refractivity contribution in [3.63, 3.8) is 0 Å². The van der Waals surface area contributed by atoms with Crippen LogP contribution in [0.25, 0.3) is 10.6 Å². The molecule has 1 atom stereocenters. The molecule has 2 aromatic rings. The van der Waals surface area contributed by atoms with Crippen LogP contribution >= 0.6 is 11.3 Å². The van der Waals surface area contributed by atoms with Crippen LogP contribution in [-0.2, 0) is 17.0 Å². The van der Waals surface area contributed by atoms with Crippen molar-refractivity contribution in [2.45, 2.75) is 18.0 Å². The average Bonchev–Trinajstić information content (AvgIpc) is 2.86. The van der Waals surface area contributed by atoms with Crippen molar-refractivity contribution >= 4 is 28.0 Å². The second-order valence-electron chi connectivity index (χ2n) is 4.79. The summed E-state index contributed by atoms with van der Waals surface area (Å²) in [6, 6.07) is 1.36. The van der Waals surface area contributed by atoms with E-state index < -0.39 is 28.4 Å². The first-order valence-electron chi connectivity index (χ1n) is 6.49. The highest BCUT2D eigenvalue weighted by Gasteiger charge is 2.36. The molecule has 0 saturated heterocycles. The van der Waals surface area contributed by atoms with Crippen LogP contribution in [0.5, 0.6) is 0 Å². The van der Waals surface area contributed by atoms with Gasteiger partial charge >= 0.3 is 6.18 Å². The highest BCUT2D eigenvalue weighted by atomic mass is 32.2. The molecule has 1 amide bonds. The topological polar surface area (TPSA) is 72.0 Å². The zero-order valence-electron chi connectivity index (χ0n) is 11.7. The molecule has 1 aliphatic heterocycles. The summed E-state index contributed by atoms with van der Waals surface area (Å²) in [5.74, 6) is -0.0206. The summed E-state index contributed by atoms with van der Waals surface area (Å²) in [4.78, 5) is 20.0. The van der Waals surface area contributed by atoms with Crippen LogP contribution in [0.1, 0.15) is 21.1 Å². The van der Waals surface area contributed by atoms with E-state index in [1.165, 1.54) is 13.0 Å². The summed E-state index contributed by atoms with van der Waals surface area (Å²) in [6.07, 6.45) is -3.90. The number of amides is 1. The van der Waals surface area contributed by atoms with Crippen molar-refractivity contribution in [2.24, 2.45) is 0 Å². The van der Waals surface area contributed by atoms with Gasteiger partial charge in [-0.15, -0.1) is 11.3 Å². The number of halogens is 3. The molecule has 0 aliphatic carbocycles. The van der Waals surface area contributed by atoms with Crippen molar-refractivity contribution < 1.29 is 22.2 Å². The quantitative estimate of drug-likeness (QED) is 0.847. The molecule has 122 valence electrons. The van der Waals surface area contributed by atoms with Crippen molar-refractivity contribution in [1.82, 2.24) is 15.3 Å². The van der Waals surface area contributed by atoms with Crippen LogP contribution in [0.3, 0.4) is 0 Å². The maximum absolute atomic E-state index is 13.2. The third-order valence-electron chi connectivity index (χ3n) is 3.17. The number of alkyl halides is 3. The Kier molecular flexibility index (Phi) is 3.96. The van der Waals surface area contributed by atoms with Gasteiger partial charge < -0.3 is 5.32 Å². The van der Waals surface area contributed by atoms with E-state index in [1.54, 1.807) is 0 Å². The van der Waals surface area contributed by atoms with Gasteiger partial charge in [-0.05, 0) is 13.0 Å². The van der Waals surface area contributed by atoms with Crippen molar-refractivity contribution in [2.75, 3.05) is 12.3 Å². The van der Waals surface area contributed by atoms with Crippen molar-refractivity contribution in [3.8, 4) is 10.6 Å². The molecule has 0 bridgehead atoms. The number of hydrogen-bond donors (Lipinski definition) is 1. The van der Waals surface area contributed by atoms with Crippen LogP contribution in [0.15, 0.2) is 17.2 Å². The zero-order chi connectivity index (χ0) is 16.8. The van der Waals surface area contributed by atoms with Gasteiger partial charge in [0.05, 0.1) is 26.3 Å². The summed E-state index contributed by atoms with van der Waals surface area (Å²) in [6.45, 7) is 1.75. The fourth-order valence-electron chi connectivity index (χ4n) is 2.13. The van der Waals surface area contributed by atoms with E-state index in [0.717, 1.165) is 17.5 Å². The smallest absolute Gasteiger partial charge is 0.350 e. The van der Waals surface area contributed by atoms with Gasteiger partial charge in [0.1, 0.15) is 16.3 Å². The van der Waals surface area contributed by atoms with Crippen LogP contribution in [0, 0.1) is 6.92 Å². The van der Waals surface area contributed by atoms with Gasteiger partial charge in [0.15, 0.2) is 0 Å². The lowest BCUT2D eigenvalue weighted by Crippen LogP contribution is -2.23. The minimum absolute atomic E-state index is 0.151. The Balaban J connectivity index is 2.20. The van der Waals surface area contributed by atoms with E-state index in [9.17, 15) is 22.2 Å². The fourth-order valence-corrected chi connectivity index (χ4v) is 4.64. The molecule has 10 heteroatoms. The lowest BCUT2D eigenvalue weighted by atomic mass is 10.2. The van der Waals surface area contributed by atoms with E-state index >= 15 is 0 Å². The predicted octanol–water partition coefficient (Wildman–Crippen LogP) is 2.38. The summed E-state index contributed by atoms with van der Waals surface area (Å²) < 4.78 is 51.6. The Morgan fingerprint density at radius 1 is 1.39 bits per heavy atom. The molecule has 0 saturated carbocycles. The SMILES string of the molecule is Cc1ncc(C(F)(F)F)c(-c2cc3c(s2)C(=O)NCCS3=O)n1. The lowest BCUT2D eigenvalue weighted by molar-refractivity contribution is -0.137. The average molecular weight is 361 g/mol. The highest BCUT2D eigenvalue weighted by Crippen LogP contribution is 2.40. The minimum Gasteiger partial charge on any atom is -0.350 e. The molecule has 3 rings (SSSR count). The van der Waals surface area contributed by atoms with Gasteiger partial charge in [-0.1, -0.05) is 0 Å². The molecule has 0 fully saturated rings. The number of fused-ring (bicyclic) bond motifs is 1. The molecule has 1 unspecified atom stereocenters. The molecule has 3 heterocycles. The monoisotopic (exact) mass is 361 g/mol. The van der Waals surface area contributed by atoms with E-state index in [2.05, 4.69) is 15.3 Å². The second-order valence-corrected chi connectivity index (χ2v) is 7.38. The van der Waals surface area contributed by atoms with Gasteiger partial charge in [0.25, 0.3) is 5.91 Å². The molecular formula is C13H10F3N3O2S2. The normalized spacial score (nSPS) is 18.3. The van der Waals surface area contributed by atoms with Gasteiger partial charge in [-0.2, -0.15) is 13.2 Å². The summed E-state index contributed by atoms with van der Waals surface area (Å²) in [5, 5.41) is 2.58.